The number of ether oxygens (including phenoxy) is 2. The Kier molecular flexibility index (Phi) is 5.81. The molecule has 0 aromatic rings. The SMILES string of the molecule is COC(=O)CCOC1(CN)CCC(C(C)(C)C)CC1. The van der Waals surface area contributed by atoms with Gasteiger partial charge in [0.2, 0.25) is 0 Å². The zero-order chi connectivity index (χ0) is 14.5. The van der Waals surface area contributed by atoms with E-state index in [1.807, 2.05) is 0 Å². The van der Waals surface area contributed by atoms with Crippen molar-refractivity contribution in [3.05, 3.63) is 0 Å². The summed E-state index contributed by atoms with van der Waals surface area (Å²) in [6.45, 7) is 7.83. The average molecular weight is 271 g/mol. The minimum Gasteiger partial charge on any atom is -0.469 e. The van der Waals surface area contributed by atoms with E-state index in [2.05, 4.69) is 25.5 Å². The number of hydrogen-bond acceptors (Lipinski definition) is 4. The third kappa shape index (κ3) is 4.77. The van der Waals surface area contributed by atoms with Gasteiger partial charge in [-0.2, -0.15) is 0 Å². The van der Waals surface area contributed by atoms with E-state index < -0.39 is 0 Å². The minimum atomic E-state index is -0.226. The summed E-state index contributed by atoms with van der Waals surface area (Å²) in [5, 5.41) is 0. The van der Waals surface area contributed by atoms with Gasteiger partial charge in [0.25, 0.3) is 0 Å². The van der Waals surface area contributed by atoms with Crippen LogP contribution < -0.4 is 5.73 Å². The third-order valence-corrected chi connectivity index (χ3v) is 4.44. The second-order valence-corrected chi connectivity index (χ2v) is 6.70. The highest BCUT2D eigenvalue weighted by Gasteiger charge is 2.38. The molecule has 1 saturated carbocycles. The minimum absolute atomic E-state index is 0.226. The van der Waals surface area contributed by atoms with Crippen molar-refractivity contribution >= 4 is 5.97 Å². The molecule has 0 bridgehead atoms. The molecule has 4 nitrogen and oxygen atoms in total. The Bertz CT molecular complexity index is 288. The average Bonchev–Trinajstić information content (AvgIpc) is 2.38. The summed E-state index contributed by atoms with van der Waals surface area (Å²) in [5.74, 6) is 0.506. The van der Waals surface area contributed by atoms with Gasteiger partial charge in [-0.25, -0.2) is 0 Å². The standard InChI is InChI=1S/C15H29NO3/c1-14(2,3)12-5-8-15(11-16,9-6-12)19-10-7-13(17)18-4/h12H,5-11,16H2,1-4H3. The fourth-order valence-electron chi connectivity index (χ4n) is 2.87. The predicted octanol–water partition coefficient (Wildman–Crippen LogP) is 2.50. The van der Waals surface area contributed by atoms with Gasteiger partial charge in [0, 0.05) is 6.54 Å². The van der Waals surface area contributed by atoms with Crippen molar-refractivity contribution in [3.63, 3.8) is 0 Å². The Labute approximate surface area is 117 Å². The maximum Gasteiger partial charge on any atom is 0.307 e. The molecule has 19 heavy (non-hydrogen) atoms. The summed E-state index contributed by atoms with van der Waals surface area (Å²) in [5.41, 5.74) is 6.03. The molecular weight excluding hydrogens is 242 g/mol. The molecule has 0 aromatic heterocycles. The van der Waals surface area contributed by atoms with E-state index in [0.717, 1.165) is 31.6 Å². The molecule has 0 saturated heterocycles. The molecule has 4 heteroatoms. The van der Waals surface area contributed by atoms with E-state index in [1.54, 1.807) is 0 Å². The maximum atomic E-state index is 11.1. The summed E-state index contributed by atoms with van der Waals surface area (Å²) in [7, 11) is 1.40. The van der Waals surface area contributed by atoms with Crippen LogP contribution in [0.2, 0.25) is 0 Å². The molecule has 0 atom stereocenters. The van der Waals surface area contributed by atoms with E-state index in [1.165, 1.54) is 7.11 Å². The van der Waals surface area contributed by atoms with Crippen LogP contribution in [0.3, 0.4) is 0 Å². The molecule has 1 aliphatic carbocycles. The molecule has 2 N–H and O–H groups in total. The molecule has 0 aliphatic heterocycles. The van der Waals surface area contributed by atoms with Crippen LogP contribution >= 0.6 is 0 Å². The third-order valence-electron chi connectivity index (χ3n) is 4.44. The lowest BCUT2D eigenvalue weighted by molar-refractivity contribution is -0.144. The Morgan fingerprint density at radius 2 is 1.89 bits per heavy atom. The lowest BCUT2D eigenvalue weighted by Gasteiger charge is -2.43. The quantitative estimate of drug-likeness (QED) is 0.780. The number of methoxy groups -OCH3 is 1. The van der Waals surface area contributed by atoms with Gasteiger partial charge < -0.3 is 15.2 Å². The number of rotatable bonds is 5. The van der Waals surface area contributed by atoms with Gasteiger partial charge in [0.15, 0.2) is 0 Å². The molecule has 0 amide bonds. The first-order chi connectivity index (χ1) is 8.83. The van der Waals surface area contributed by atoms with Crippen molar-refractivity contribution in [3.8, 4) is 0 Å². The first-order valence-electron chi connectivity index (χ1n) is 7.24. The smallest absolute Gasteiger partial charge is 0.307 e. The van der Waals surface area contributed by atoms with Gasteiger partial charge in [-0.1, -0.05) is 20.8 Å². The molecule has 0 spiro atoms. The summed E-state index contributed by atoms with van der Waals surface area (Å²) in [4.78, 5) is 11.1. The summed E-state index contributed by atoms with van der Waals surface area (Å²) in [6, 6.07) is 0. The van der Waals surface area contributed by atoms with E-state index in [4.69, 9.17) is 10.5 Å². The normalized spacial score (nSPS) is 28.2. The van der Waals surface area contributed by atoms with Crippen molar-refractivity contribution in [2.24, 2.45) is 17.1 Å². The highest BCUT2D eigenvalue weighted by atomic mass is 16.5. The van der Waals surface area contributed by atoms with Crippen LogP contribution in [-0.4, -0.2) is 31.8 Å². The summed E-state index contributed by atoms with van der Waals surface area (Å²) in [6.07, 6.45) is 4.60. The van der Waals surface area contributed by atoms with Crippen molar-refractivity contribution in [2.75, 3.05) is 20.3 Å². The Hall–Kier alpha value is -0.610. The van der Waals surface area contributed by atoms with Crippen molar-refractivity contribution in [1.29, 1.82) is 0 Å². The summed E-state index contributed by atoms with van der Waals surface area (Å²) < 4.78 is 10.5. The molecule has 112 valence electrons. The van der Waals surface area contributed by atoms with Crippen LogP contribution in [0.15, 0.2) is 0 Å². The van der Waals surface area contributed by atoms with E-state index in [0.29, 0.717) is 25.0 Å². The molecule has 1 rings (SSSR count). The van der Waals surface area contributed by atoms with Gasteiger partial charge >= 0.3 is 5.97 Å². The van der Waals surface area contributed by atoms with Crippen LogP contribution in [0.1, 0.15) is 52.9 Å². The molecule has 1 fully saturated rings. The van der Waals surface area contributed by atoms with Gasteiger partial charge in [-0.15, -0.1) is 0 Å². The number of esters is 1. The second-order valence-electron chi connectivity index (χ2n) is 6.70. The van der Waals surface area contributed by atoms with Gasteiger partial charge in [0.1, 0.15) is 0 Å². The highest BCUT2D eigenvalue weighted by Crippen LogP contribution is 2.42. The Morgan fingerprint density at radius 1 is 1.32 bits per heavy atom. The van der Waals surface area contributed by atoms with Gasteiger partial charge in [-0.3, -0.25) is 4.79 Å². The topological polar surface area (TPSA) is 61.5 Å². The van der Waals surface area contributed by atoms with Gasteiger partial charge in [-0.05, 0) is 37.0 Å². The van der Waals surface area contributed by atoms with Crippen LogP contribution in [0.4, 0.5) is 0 Å². The highest BCUT2D eigenvalue weighted by molar-refractivity contribution is 5.69. The maximum absolute atomic E-state index is 11.1. The van der Waals surface area contributed by atoms with Gasteiger partial charge in [0.05, 0.1) is 25.7 Å². The molecule has 1 aliphatic rings. The van der Waals surface area contributed by atoms with Crippen molar-refractivity contribution in [1.82, 2.24) is 0 Å². The van der Waals surface area contributed by atoms with Crippen LogP contribution in [0, 0.1) is 11.3 Å². The predicted molar refractivity (Wildman–Crippen MR) is 75.8 cm³/mol. The van der Waals surface area contributed by atoms with E-state index in [9.17, 15) is 4.79 Å². The summed E-state index contributed by atoms with van der Waals surface area (Å²) >= 11 is 0. The van der Waals surface area contributed by atoms with Crippen LogP contribution in [-0.2, 0) is 14.3 Å². The van der Waals surface area contributed by atoms with Crippen molar-refractivity contribution in [2.45, 2.75) is 58.5 Å². The lowest BCUT2D eigenvalue weighted by atomic mass is 9.68. The molecular formula is C15H29NO3. The number of carbonyl (C=O) groups excluding carboxylic acids is 1. The van der Waals surface area contributed by atoms with Crippen LogP contribution in [0.5, 0.6) is 0 Å². The first-order valence-corrected chi connectivity index (χ1v) is 7.24. The molecule has 0 heterocycles. The number of nitrogens with two attached hydrogens (primary N) is 1. The fraction of sp³-hybridized carbons (Fsp3) is 0.933. The largest absolute Gasteiger partial charge is 0.469 e. The zero-order valence-electron chi connectivity index (χ0n) is 12.8. The first kappa shape index (κ1) is 16.4. The second kappa shape index (κ2) is 6.71. The fourth-order valence-corrected chi connectivity index (χ4v) is 2.87. The monoisotopic (exact) mass is 271 g/mol. The Balaban J connectivity index is 2.44. The number of carbonyl (C=O) groups is 1. The van der Waals surface area contributed by atoms with E-state index >= 15 is 0 Å². The van der Waals surface area contributed by atoms with Crippen LogP contribution in [0.25, 0.3) is 0 Å². The lowest BCUT2D eigenvalue weighted by Crippen LogP contribution is -2.45. The zero-order valence-corrected chi connectivity index (χ0v) is 12.8. The van der Waals surface area contributed by atoms with E-state index in [-0.39, 0.29) is 11.6 Å². The molecule has 0 radical (unpaired) electrons. The number of hydrogen-bond donors (Lipinski definition) is 1. The van der Waals surface area contributed by atoms with Crippen molar-refractivity contribution < 1.29 is 14.3 Å². The molecule has 0 aromatic carbocycles. The molecule has 0 unspecified atom stereocenters. The Morgan fingerprint density at radius 3 is 2.32 bits per heavy atom.